The molecule has 2 aliphatic heterocycles. The lowest BCUT2D eigenvalue weighted by Gasteiger charge is -2.42. The Morgan fingerprint density at radius 1 is 1.80 bits per heavy atom. The van der Waals surface area contributed by atoms with E-state index < -0.39 is 17.3 Å². The summed E-state index contributed by atoms with van der Waals surface area (Å²) in [6, 6.07) is 0. The SMILES string of the molecule is C=CC12C=CC(CC1C(=O)OC)OC2=O. The van der Waals surface area contributed by atoms with E-state index in [-0.39, 0.29) is 12.1 Å². The molecule has 0 saturated carbocycles. The van der Waals surface area contributed by atoms with Gasteiger partial charge in [0.15, 0.2) is 0 Å². The Morgan fingerprint density at radius 3 is 3.07 bits per heavy atom. The Labute approximate surface area is 87.5 Å². The quantitative estimate of drug-likeness (QED) is 0.498. The molecule has 3 atom stereocenters. The van der Waals surface area contributed by atoms with Crippen LogP contribution in [0, 0.1) is 11.3 Å². The first-order valence-electron chi connectivity index (χ1n) is 4.76. The van der Waals surface area contributed by atoms with Gasteiger partial charge in [0.05, 0.1) is 13.0 Å². The van der Waals surface area contributed by atoms with Gasteiger partial charge in [-0.3, -0.25) is 9.59 Å². The van der Waals surface area contributed by atoms with Crippen molar-refractivity contribution >= 4 is 11.9 Å². The summed E-state index contributed by atoms with van der Waals surface area (Å²) >= 11 is 0. The molecule has 15 heavy (non-hydrogen) atoms. The Hall–Kier alpha value is -1.58. The Morgan fingerprint density at radius 2 is 2.53 bits per heavy atom. The third-order valence-corrected chi connectivity index (χ3v) is 3.07. The number of hydrogen-bond acceptors (Lipinski definition) is 4. The van der Waals surface area contributed by atoms with Crippen LogP contribution in [0.15, 0.2) is 24.8 Å². The normalized spacial score (nSPS) is 37.3. The van der Waals surface area contributed by atoms with Crippen molar-refractivity contribution in [2.45, 2.75) is 12.5 Å². The van der Waals surface area contributed by atoms with Crippen LogP contribution in [-0.4, -0.2) is 25.2 Å². The Bertz CT molecular complexity index is 358. The Balaban J connectivity index is 2.43. The first-order valence-corrected chi connectivity index (χ1v) is 4.76. The van der Waals surface area contributed by atoms with E-state index in [1.807, 2.05) is 0 Å². The zero-order valence-electron chi connectivity index (χ0n) is 8.43. The number of carbonyl (C=O) groups excluding carboxylic acids is 2. The molecule has 0 N–H and O–H groups in total. The number of esters is 2. The fraction of sp³-hybridized carbons (Fsp3) is 0.455. The van der Waals surface area contributed by atoms with Crippen molar-refractivity contribution < 1.29 is 19.1 Å². The summed E-state index contributed by atoms with van der Waals surface area (Å²) in [6.45, 7) is 3.61. The molecule has 1 fully saturated rings. The molecule has 3 aliphatic rings. The van der Waals surface area contributed by atoms with Crippen LogP contribution in [0.1, 0.15) is 6.42 Å². The third-order valence-electron chi connectivity index (χ3n) is 3.07. The van der Waals surface area contributed by atoms with Crippen LogP contribution >= 0.6 is 0 Å². The van der Waals surface area contributed by atoms with E-state index in [4.69, 9.17) is 4.74 Å². The van der Waals surface area contributed by atoms with Gasteiger partial charge in [0.1, 0.15) is 11.5 Å². The molecule has 0 aromatic heterocycles. The summed E-state index contributed by atoms with van der Waals surface area (Å²) in [6.07, 6.45) is 5.12. The molecule has 2 heterocycles. The van der Waals surface area contributed by atoms with Crippen molar-refractivity contribution in [3.05, 3.63) is 24.8 Å². The number of ether oxygens (including phenoxy) is 2. The first-order chi connectivity index (χ1) is 7.14. The summed E-state index contributed by atoms with van der Waals surface area (Å²) < 4.78 is 9.79. The average Bonchev–Trinajstić information content (AvgIpc) is 2.28. The second kappa shape index (κ2) is 3.22. The molecule has 3 unspecified atom stereocenters. The third kappa shape index (κ3) is 1.21. The molecular formula is C11H12O4. The van der Waals surface area contributed by atoms with E-state index in [9.17, 15) is 9.59 Å². The van der Waals surface area contributed by atoms with Crippen LogP contribution in [0.2, 0.25) is 0 Å². The second-order valence-corrected chi connectivity index (χ2v) is 3.75. The van der Waals surface area contributed by atoms with Gasteiger partial charge in [0.25, 0.3) is 0 Å². The van der Waals surface area contributed by atoms with Gasteiger partial charge in [0.2, 0.25) is 0 Å². The minimum Gasteiger partial charge on any atom is -0.469 e. The molecule has 3 rings (SSSR count). The molecule has 80 valence electrons. The van der Waals surface area contributed by atoms with Crippen LogP contribution in [0.4, 0.5) is 0 Å². The lowest BCUT2D eigenvalue weighted by atomic mass is 9.67. The van der Waals surface area contributed by atoms with Crippen molar-refractivity contribution in [3.63, 3.8) is 0 Å². The van der Waals surface area contributed by atoms with E-state index in [1.165, 1.54) is 13.2 Å². The van der Waals surface area contributed by atoms with E-state index in [2.05, 4.69) is 11.3 Å². The summed E-state index contributed by atoms with van der Waals surface area (Å²) in [4.78, 5) is 23.2. The molecule has 2 bridgehead atoms. The fourth-order valence-electron chi connectivity index (χ4n) is 2.15. The molecule has 4 nitrogen and oxygen atoms in total. The van der Waals surface area contributed by atoms with Crippen LogP contribution < -0.4 is 0 Å². The van der Waals surface area contributed by atoms with E-state index >= 15 is 0 Å². The van der Waals surface area contributed by atoms with E-state index in [0.29, 0.717) is 6.42 Å². The highest BCUT2D eigenvalue weighted by atomic mass is 16.6. The lowest BCUT2D eigenvalue weighted by Crippen LogP contribution is -2.51. The molecule has 0 aromatic carbocycles. The molecule has 4 heteroatoms. The minimum absolute atomic E-state index is 0.302. The van der Waals surface area contributed by atoms with Crippen molar-refractivity contribution in [2.75, 3.05) is 7.11 Å². The van der Waals surface area contributed by atoms with Crippen molar-refractivity contribution in [1.82, 2.24) is 0 Å². The van der Waals surface area contributed by atoms with Gasteiger partial charge in [-0.2, -0.15) is 0 Å². The van der Waals surface area contributed by atoms with Gasteiger partial charge >= 0.3 is 11.9 Å². The standard InChI is InChI=1S/C11H12O4/c1-3-11-5-4-7(15-10(11)13)6-8(11)9(12)14-2/h3-5,7-8H,1,6H2,2H3. The zero-order valence-corrected chi connectivity index (χ0v) is 8.43. The summed E-state index contributed by atoms with van der Waals surface area (Å²) in [5, 5.41) is 0. The van der Waals surface area contributed by atoms with E-state index in [1.54, 1.807) is 12.2 Å². The number of hydrogen-bond donors (Lipinski definition) is 0. The molecule has 1 aliphatic carbocycles. The highest BCUT2D eigenvalue weighted by Gasteiger charge is 2.54. The summed E-state index contributed by atoms with van der Waals surface area (Å²) in [5.74, 6) is -1.30. The van der Waals surface area contributed by atoms with Crippen LogP contribution in [0.25, 0.3) is 0 Å². The van der Waals surface area contributed by atoms with Gasteiger partial charge in [-0.25, -0.2) is 0 Å². The largest absolute Gasteiger partial charge is 0.469 e. The number of rotatable bonds is 2. The predicted octanol–water partition coefficient (Wildman–Crippen LogP) is 0.833. The number of fused-ring (bicyclic) bond motifs is 2. The van der Waals surface area contributed by atoms with Crippen molar-refractivity contribution in [1.29, 1.82) is 0 Å². The predicted molar refractivity (Wildman–Crippen MR) is 51.8 cm³/mol. The smallest absolute Gasteiger partial charge is 0.321 e. The Kier molecular flexibility index (Phi) is 2.14. The molecule has 0 radical (unpaired) electrons. The summed E-state index contributed by atoms with van der Waals surface area (Å²) in [5.41, 5.74) is -1.03. The molecule has 0 spiro atoms. The molecule has 0 amide bonds. The van der Waals surface area contributed by atoms with Gasteiger partial charge in [-0.05, 0) is 6.08 Å². The highest BCUT2D eigenvalue weighted by molar-refractivity contribution is 5.91. The maximum atomic E-state index is 11.7. The molecular weight excluding hydrogens is 196 g/mol. The van der Waals surface area contributed by atoms with Gasteiger partial charge in [-0.15, -0.1) is 6.58 Å². The highest BCUT2D eigenvalue weighted by Crippen LogP contribution is 2.45. The second-order valence-electron chi connectivity index (χ2n) is 3.75. The van der Waals surface area contributed by atoms with Gasteiger partial charge < -0.3 is 9.47 Å². The maximum absolute atomic E-state index is 11.7. The molecule has 0 aromatic rings. The van der Waals surface area contributed by atoms with Crippen molar-refractivity contribution in [2.24, 2.45) is 11.3 Å². The average molecular weight is 208 g/mol. The minimum atomic E-state index is -1.03. The number of methoxy groups -OCH3 is 1. The summed E-state index contributed by atoms with van der Waals surface area (Å²) in [7, 11) is 1.32. The lowest BCUT2D eigenvalue weighted by molar-refractivity contribution is -0.176. The monoisotopic (exact) mass is 208 g/mol. The molecule has 1 saturated heterocycles. The van der Waals surface area contributed by atoms with Gasteiger partial charge in [0, 0.05) is 6.42 Å². The van der Waals surface area contributed by atoms with E-state index in [0.717, 1.165) is 0 Å². The van der Waals surface area contributed by atoms with Crippen LogP contribution in [0.3, 0.4) is 0 Å². The fourth-order valence-corrected chi connectivity index (χ4v) is 2.15. The van der Waals surface area contributed by atoms with Crippen LogP contribution in [-0.2, 0) is 19.1 Å². The first kappa shape index (κ1) is 9.96. The van der Waals surface area contributed by atoms with Crippen LogP contribution in [0.5, 0.6) is 0 Å². The zero-order chi connectivity index (χ0) is 11.1. The topological polar surface area (TPSA) is 52.6 Å². The maximum Gasteiger partial charge on any atom is 0.321 e. The van der Waals surface area contributed by atoms with Gasteiger partial charge in [-0.1, -0.05) is 12.2 Å². The number of carbonyl (C=O) groups is 2. The van der Waals surface area contributed by atoms with Crippen molar-refractivity contribution in [3.8, 4) is 0 Å².